The van der Waals surface area contributed by atoms with Gasteiger partial charge in [-0.3, -0.25) is 14.9 Å². The molecule has 0 saturated heterocycles. The first kappa shape index (κ1) is 16.4. The van der Waals surface area contributed by atoms with Gasteiger partial charge in [-0.25, -0.2) is 9.97 Å². The van der Waals surface area contributed by atoms with Gasteiger partial charge in [0.2, 0.25) is 0 Å². The molecular formula is C16H15N5O4. The molecule has 0 atom stereocenters. The first-order chi connectivity index (χ1) is 11.9. The first-order valence-corrected chi connectivity index (χ1v) is 7.36. The summed E-state index contributed by atoms with van der Waals surface area (Å²) >= 11 is 0. The minimum absolute atomic E-state index is 0.0131. The Labute approximate surface area is 142 Å². The zero-order valence-corrected chi connectivity index (χ0v) is 13.8. The summed E-state index contributed by atoms with van der Waals surface area (Å²) in [5.74, 6) is -0.0697. The summed E-state index contributed by atoms with van der Waals surface area (Å²) in [4.78, 5) is 34.3. The van der Waals surface area contributed by atoms with Gasteiger partial charge in [0.25, 0.3) is 5.91 Å². The van der Waals surface area contributed by atoms with Gasteiger partial charge in [0.1, 0.15) is 17.8 Å². The normalized spacial score (nSPS) is 10.7. The van der Waals surface area contributed by atoms with E-state index >= 15 is 0 Å². The monoisotopic (exact) mass is 341 g/mol. The number of nitrogens with one attached hydrogen (secondary N) is 2. The molecule has 0 aliphatic heterocycles. The number of aromatic amines is 1. The highest BCUT2D eigenvalue weighted by Crippen LogP contribution is 2.29. The molecule has 2 heterocycles. The van der Waals surface area contributed by atoms with E-state index in [4.69, 9.17) is 4.74 Å². The molecule has 9 nitrogen and oxygen atoms in total. The molecule has 128 valence electrons. The number of benzene rings is 1. The highest BCUT2D eigenvalue weighted by atomic mass is 16.6. The van der Waals surface area contributed by atoms with E-state index in [9.17, 15) is 14.9 Å². The first-order valence-electron chi connectivity index (χ1n) is 7.36. The Bertz CT molecular complexity index is 996. The summed E-state index contributed by atoms with van der Waals surface area (Å²) in [5.41, 5.74) is 2.51. The van der Waals surface area contributed by atoms with Crippen molar-refractivity contribution >= 4 is 28.4 Å². The second-order valence-corrected chi connectivity index (χ2v) is 5.42. The third kappa shape index (κ3) is 2.87. The van der Waals surface area contributed by atoms with Crippen molar-refractivity contribution in [2.75, 3.05) is 12.4 Å². The molecule has 25 heavy (non-hydrogen) atoms. The number of hydrogen-bond acceptors (Lipinski definition) is 6. The lowest BCUT2D eigenvalue weighted by molar-refractivity contribution is -0.385. The number of amides is 1. The van der Waals surface area contributed by atoms with Crippen LogP contribution in [0, 0.1) is 24.0 Å². The number of fused-ring (bicyclic) bond motifs is 1. The Hall–Kier alpha value is -3.49. The molecule has 0 aliphatic carbocycles. The van der Waals surface area contributed by atoms with Crippen molar-refractivity contribution in [2.45, 2.75) is 13.8 Å². The van der Waals surface area contributed by atoms with Crippen LogP contribution in [0.4, 0.5) is 11.5 Å². The van der Waals surface area contributed by atoms with Crippen molar-refractivity contribution in [1.29, 1.82) is 0 Å². The summed E-state index contributed by atoms with van der Waals surface area (Å²) in [6, 6.07) is 3.92. The van der Waals surface area contributed by atoms with Gasteiger partial charge in [-0.05, 0) is 25.5 Å². The van der Waals surface area contributed by atoms with Crippen LogP contribution in [0.15, 0.2) is 24.5 Å². The number of carbonyl (C=O) groups is 1. The van der Waals surface area contributed by atoms with Crippen LogP contribution < -0.4 is 10.1 Å². The van der Waals surface area contributed by atoms with E-state index in [2.05, 4.69) is 20.3 Å². The number of ether oxygens (including phenoxy) is 1. The van der Waals surface area contributed by atoms with Crippen LogP contribution in [-0.4, -0.2) is 32.9 Å². The predicted octanol–water partition coefficient (Wildman–Crippen LogP) is 2.74. The number of aromatic nitrogens is 3. The molecule has 0 unspecified atom stereocenters. The average Bonchev–Trinajstić information content (AvgIpc) is 2.89. The Kier molecular flexibility index (Phi) is 4.05. The number of aryl methyl sites for hydroxylation is 2. The lowest BCUT2D eigenvalue weighted by Gasteiger charge is -2.08. The van der Waals surface area contributed by atoms with E-state index < -0.39 is 10.8 Å². The number of H-pyrrole nitrogens is 1. The van der Waals surface area contributed by atoms with Crippen molar-refractivity contribution in [2.24, 2.45) is 0 Å². The Morgan fingerprint density at radius 1 is 1.32 bits per heavy atom. The molecule has 0 spiro atoms. The molecular weight excluding hydrogens is 326 g/mol. The fourth-order valence-electron chi connectivity index (χ4n) is 2.54. The van der Waals surface area contributed by atoms with E-state index in [-0.39, 0.29) is 17.0 Å². The van der Waals surface area contributed by atoms with Gasteiger partial charge in [-0.15, -0.1) is 0 Å². The van der Waals surface area contributed by atoms with Gasteiger partial charge in [-0.1, -0.05) is 0 Å². The van der Waals surface area contributed by atoms with Crippen LogP contribution in [0.25, 0.3) is 11.0 Å². The van der Waals surface area contributed by atoms with Crippen molar-refractivity contribution in [3.63, 3.8) is 0 Å². The summed E-state index contributed by atoms with van der Waals surface area (Å²) in [5, 5.41) is 14.4. The van der Waals surface area contributed by atoms with Crippen molar-refractivity contribution in [3.8, 4) is 5.75 Å². The van der Waals surface area contributed by atoms with Crippen molar-refractivity contribution < 1.29 is 14.5 Å². The maximum Gasteiger partial charge on any atom is 0.310 e. The van der Waals surface area contributed by atoms with Gasteiger partial charge in [0.15, 0.2) is 5.75 Å². The molecule has 2 N–H and O–H groups in total. The lowest BCUT2D eigenvalue weighted by Crippen LogP contribution is -2.14. The lowest BCUT2D eigenvalue weighted by atomic mass is 10.1. The molecule has 1 amide bonds. The Balaban J connectivity index is 1.97. The van der Waals surface area contributed by atoms with Gasteiger partial charge in [0.05, 0.1) is 17.4 Å². The second kappa shape index (κ2) is 6.19. The molecule has 2 aromatic heterocycles. The number of anilines is 1. The number of nitro groups is 1. The van der Waals surface area contributed by atoms with Gasteiger partial charge in [0, 0.05) is 23.4 Å². The van der Waals surface area contributed by atoms with E-state index in [0.717, 1.165) is 16.6 Å². The fourth-order valence-corrected chi connectivity index (χ4v) is 2.54. The molecule has 9 heteroatoms. The molecule has 3 aromatic rings. The largest absolute Gasteiger partial charge is 0.490 e. The van der Waals surface area contributed by atoms with E-state index in [1.807, 2.05) is 13.8 Å². The van der Waals surface area contributed by atoms with E-state index in [1.54, 1.807) is 0 Å². The summed E-state index contributed by atoms with van der Waals surface area (Å²) in [7, 11) is 1.31. The number of nitro benzene ring substituents is 1. The minimum Gasteiger partial charge on any atom is -0.490 e. The van der Waals surface area contributed by atoms with E-state index in [1.165, 1.54) is 31.6 Å². The molecule has 0 aliphatic rings. The zero-order chi connectivity index (χ0) is 18.1. The summed E-state index contributed by atoms with van der Waals surface area (Å²) in [6.07, 6.45) is 1.35. The smallest absolute Gasteiger partial charge is 0.310 e. The van der Waals surface area contributed by atoms with Crippen LogP contribution in [0.5, 0.6) is 5.75 Å². The molecule has 0 bridgehead atoms. The average molecular weight is 341 g/mol. The molecule has 1 aromatic carbocycles. The highest BCUT2D eigenvalue weighted by Gasteiger charge is 2.19. The molecule has 0 fully saturated rings. The minimum atomic E-state index is -0.569. The molecule has 3 rings (SSSR count). The number of methoxy groups -OCH3 is 1. The van der Waals surface area contributed by atoms with Crippen LogP contribution in [0.1, 0.15) is 21.6 Å². The van der Waals surface area contributed by atoms with E-state index in [0.29, 0.717) is 11.5 Å². The van der Waals surface area contributed by atoms with Crippen LogP contribution in [0.3, 0.4) is 0 Å². The number of hydrogen-bond donors (Lipinski definition) is 2. The summed E-state index contributed by atoms with van der Waals surface area (Å²) in [6.45, 7) is 3.81. The Morgan fingerprint density at radius 2 is 2.08 bits per heavy atom. The topological polar surface area (TPSA) is 123 Å². The van der Waals surface area contributed by atoms with Gasteiger partial charge >= 0.3 is 5.69 Å². The van der Waals surface area contributed by atoms with Gasteiger partial charge < -0.3 is 15.0 Å². The van der Waals surface area contributed by atoms with Crippen LogP contribution in [-0.2, 0) is 0 Å². The standard InChI is InChI=1S/C16H15N5O4/c1-8-9(2)19-14-13(8)15(18-7-17-14)20-16(22)10-4-5-11(21(23)24)12(6-10)25-3/h4-7H,1-3H3,(H2,17,18,19,20,22). The number of rotatable bonds is 4. The molecule has 0 radical (unpaired) electrons. The summed E-state index contributed by atoms with van der Waals surface area (Å²) < 4.78 is 4.99. The fraction of sp³-hybridized carbons (Fsp3) is 0.188. The van der Waals surface area contributed by atoms with Crippen LogP contribution >= 0.6 is 0 Å². The maximum atomic E-state index is 12.5. The number of nitrogens with zero attached hydrogens (tertiary/aromatic N) is 3. The zero-order valence-electron chi connectivity index (χ0n) is 13.8. The quantitative estimate of drug-likeness (QED) is 0.555. The number of carbonyl (C=O) groups excluding carboxylic acids is 1. The SMILES string of the molecule is COc1cc(C(=O)Nc2ncnc3[nH]c(C)c(C)c23)ccc1[N+](=O)[O-]. The van der Waals surface area contributed by atoms with Crippen molar-refractivity contribution in [3.05, 3.63) is 51.5 Å². The van der Waals surface area contributed by atoms with Crippen molar-refractivity contribution in [1.82, 2.24) is 15.0 Å². The van der Waals surface area contributed by atoms with Gasteiger partial charge in [-0.2, -0.15) is 0 Å². The maximum absolute atomic E-state index is 12.5. The Morgan fingerprint density at radius 3 is 2.76 bits per heavy atom. The second-order valence-electron chi connectivity index (χ2n) is 5.42. The highest BCUT2D eigenvalue weighted by molar-refractivity contribution is 6.08. The predicted molar refractivity (Wildman–Crippen MR) is 91.0 cm³/mol. The third-order valence-corrected chi connectivity index (χ3v) is 3.96. The third-order valence-electron chi connectivity index (χ3n) is 3.96. The molecule has 0 saturated carbocycles. The van der Waals surface area contributed by atoms with Crippen LogP contribution in [0.2, 0.25) is 0 Å².